The van der Waals surface area contributed by atoms with Crippen LogP contribution in [0.1, 0.15) is 24.5 Å². The lowest BCUT2D eigenvalue weighted by molar-refractivity contribution is -0.144. The predicted octanol–water partition coefficient (Wildman–Crippen LogP) is 3.02. The van der Waals surface area contributed by atoms with Crippen LogP contribution in [0.15, 0.2) is 58.5 Å². The molecule has 0 radical (unpaired) electrons. The fourth-order valence-corrected chi connectivity index (χ4v) is 3.72. The van der Waals surface area contributed by atoms with E-state index in [1.807, 2.05) is 6.92 Å². The number of nitrogens with zero attached hydrogens (tertiary/aromatic N) is 1. The zero-order valence-electron chi connectivity index (χ0n) is 15.6. The summed E-state index contributed by atoms with van der Waals surface area (Å²) < 4.78 is 44.4. The third kappa shape index (κ3) is 4.39. The summed E-state index contributed by atoms with van der Waals surface area (Å²) in [5.41, 5.74) is 1.27. The lowest BCUT2D eigenvalue weighted by Gasteiger charge is -2.10. The quantitative estimate of drug-likeness (QED) is 0.437. The highest BCUT2D eigenvalue weighted by atomic mass is 32.2. The first-order chi connectivity index (χ1) is 13.3. The third-order valence-corrected chi connectivity index (χ3v) is 5.72. The van der Waals surface area contributed by atoms with Crippen LogP contribution in [0.5, 0.6) is 0 Å². The van der Waals surface area contributed by atoms with Crippen molar-refractivity contribution in [3.8, 4) is 0 Å². The molecule has 1 aliphatic rings. The van der Waals surface area contributed by atoms with Gasteiger partial charge in [0.2, 0.25) is 0 Å². The normalized spacial score (nSPS) is 19.2. The number of benzene rings is 2. The molecule has 2 atom stereocenters. The number of carbonyl (C=O) groups is 1. The van der Waals surface area contributed by atoms with Gasteiger partial charge >= 0.3 is 5.97 Å². The summed E-state index contributed by atoms with van der Waals surface area (Å²) >= 11 is 0. The molecule has 0 aliphatic heterocycles. The molecule has 0 saturated heterocycles. The average molecular weight is 404 g/mol. The van der Waals surface area contributed by atoms with Crippen molar-refractivity contribution in [3.63, 3.8) is 0 Å². The van der Waals surface area contributed by atoms with Crippen LogP contribution in [0.3, 0.4) is 0 Å². The smallest absolute Gasteiger partial charge is 0.309 e. The van der Waals surface area contributed by atoms with Crippen molar-refractivity contribution in [2.45, 2.75) is 25.2 Å². The van der Waals surface area contributed by atoms with Gasteiger partial charge in [-0.05, 0) is 38.5 Å². The van der Waals surface area contributed by atoms with Gasteiger partial charge in [-0.25, -0.2) is 4.39 Å². The Morgan fingerprint density at radius 3 is 2.50 bits per heavy atom. The zero-order valence-corrected chi connectivity index (χ0v) is 16.4. The summed E-state index contributed by atoms with van der Waals surface area (Å²) in [5, 5.41) is 4.01. The van der Waals surface area contributed by atoms with Gasteiger partial charge in [-0.2, -0.15) is 18.4 Å². The van der Waals surface area contributed by atoms with E-state index in [0.29, 0.717) is 6.42 Å². The Bertz CT molecular complexity index is 1000. The lowest BCUT2D eigenvalue weighted by Crippen LogP contribution is -2.23. The van der Waals surface area contributed by atoms with Crippen LogP contribution in [-0.2, 0) is 19.6 Å². The Hall–Kier alpha value is -2.74. The molecule has 0 spiro atoms. The number of rotatable bonds is 7. The molecular weight excluding hydrogens is 383 g/mol. The Balaban J connectivity index is 1.90. The first-order valence-corrected chi connectivity index (χ1v) is 10.4. The molecule has 0 amide bonds. The number of aryl methyl sites for hydroxylation is 1. The zero-order chi connectivity index (χ0) is 20.3. The largest absolute Gasteiger partial charge is 0.466 e. The summed E-state index contributed by atoms with van der Waals surface area (Å²) in [4.78, 5) is 14.2. The minimum Gasteiger partial charge on any atom is -0.466 e. The number of carbonyl (C=O) groups excluding carboxylic acids is 1. The number of hydrazone groups is 1. The molecule has 2 aromatic carbocycles. The van der Waals surface area contributed by atoms with E-state index in [4.69, 9.17) is 4.74 Å². The molecule has 1 N–H and O–H groups in total. The number of hydrogen-bond donors (Lipinski definition) is 1. The average Bonchev–Trinajstić information content (AvgIpc) is 3.44. The van der Waals surface area contributed by atoms with E-state index >= 15 is 0 Å². The van der Waals surface area contributed by atoms with E-state index in [9.17, 15) is 17.6 Å². The molecule has 8 heteroatoms. The van der Waals surface area contributed by atoms with Gasteiger partial charge < -0.3 is 4.74 Å². The molecule has 1 saturated carbocycles. The van der Waals surface area contributed by atoms with E-state index in [0.717, 1.165) is 5.56 Å². The molecule has 0 heterocycles. The van der Waals surface area contributed by atoms with E-state index in [1.54, 1.807) is 25.1 Å². The highest BCUT2D eigenvalue weighted by molar-refractivity contribution is 7.89. The fourth-order valence-electron chi connectivity index (χ4n) is 2.90. The van der Waals surface area contributed by atoms with Crippen molar-refractivity contribution in [3.05, 3.63) is 65.5 Å². The SMILES string of the molecule is CCOC(=O)C1CC1C(=NNS(=O)(=O)c1ccc(C)cc1)c1ccccc1F. The van der Waals surface area contributed by atoms with Gasteiger partial charge in [0.05, 0.1) is 23.1 Å². The predicted molar refractivity (Wildman–Crippen MR) is 103 cm³/mol. The van der Waals surface area contributed by atoms with Gasteiger partial charge in [-0.3, -0.25) is 4.79 Å². The maximum absolute atomic E-state index is 14.3. The molecule has 2 aromatic rings. The highest BCUT2D eigenvalue weighted by Crippen LogP contribution is 2.42. The summed E-state index contributed by atoms with van der Waals surface area (Å²) in [5.74, 6) is -1.79. The van der Waals surface area contributed by atoms with E-state index in [1.165, 1.54) is 30.3 Å². The standard InChI is InChI=1S/C20H21FN2O4S/c1-3-27-20(24)17-12-16(17)19(15-6-4-5-7-18(15)21)22-23-28(25,26)14-10-8-13(2)9-11-14/h4-11,16-17,23H,3,12H2,1-2H3. The van der Waals surface area contributed by atoms with Crippen LogP contribution in [0.4, 0.5) is 4.39 Å². The molecule has 0 bridgehead atoms. The second-order valence-corrected chi connectivity index (χ2v) is 8.25. The molecule has 2 unspecified atom stereocenters. The van der Waals surface area contributed by atoms with Gasteiger partial charge in [-0.15, -0.1) is 0 Å². The Kier molecular flexibility index (Phi) is 5.79. The van der Waals surface area contributed by atoms with Crippen molar-refractivity contribution < 1.29 is 22.3 Å². The summed E-state index contributed by atoms with van der Waals surface area (Å²) in [6.07, 6.45) is 0.429. The Morgan fingerprint density at radius 1 is 1.18 bits per heavy atom. The Labute approximate surface area is 163 Å². The summed E-state index contributed by atoms with van der Waals surface area (Å²) in [6, 6.07) is 12.2. The first kappa shape index (κ1) is 20.0. The molecule has 3 rings (SSSR count). The summed E-state index contributed by atoms with van der Waals surface area (Å²) in [6.45, 7) is 3.80. The maximum atomic E-state index is 14.3. The first-order valence-electron chi connectivity index (χ1n) is 8.91. The number of ether oxygens (including phenoxy) is 1. The number of nitrogens with one attached hydrogen (secondary N) is 1. The molecule has 148 valence electrons. The van der Waals surface area contributed by atoms with Crippen LogP contribution in [0.2, 0.25) is 0 Å². The highest BCUT2D eigenvalue weighted by Gasteiger charge is 2.48. The number of esters is 1. The molecule has 6 nitrogen and oxygen atoms in total. The maximum Gasteiger partial charge on any atom is 0.309 e. The molecule has 0 aromatic heterocycles. The van der Waals surface area contributed by atoms with E-state index in [2.05, 4.69) is 9.93 Å². The van der Waals surface area contributed by atoms with Crippen molar-refractivity contribution in [2.24, 2.45) is 16.9 Å². The topological polar surface area (TPSA) is 84.8 Å². The number of halogens is 1. The molecular formula is C20H21FN2O4S. The molecule has 1 aliphatic carbocycles. The monoisotopic (exact) mass is 404 g/mol. The van der Waals surface area contributed by atoms with Crippen LogP contribution >= 0.6 is 0 Å². The van der Waals surface area contributed by atoms with Crippen LogP contribution in [0.25, 0.3) is 0 Å². The van der Waals surface area contributed by atoms with Crippen molar-refractivity contribution in [1.29, 1.82) is 0 Å². The second-order valence-electron chi connectivity index (χ2n) is 6.59. The van der Waals surface area contributed by atoms with Crippen LogP contribution in [-0.4, -0.2) is 26.7 Å². The minimum atomic E-state index is -3.92. The van der Waals surface area contributed by atoms with Gasteiger partial charge in [0, 0.05) is 11.5 Å². The van der Waals surface area contributed by atoms with Crippen LogP contribution < -0.4 is 4.83 Å². The van der Waals surface area contributed by atoms with E-state index in [-0.39, 0.29) is 22.8 Å². The second kappa shape index (κ2) is 8.10. The van der Waals surface area contributed by atoms with Gasteiger partial charge in [0.25, 0.3) is 10.0 Å². The lowest BCUT2D eigenvalue weighted by atomic mass is 10.0. The van der Waals surface area contributed by atoms with Crippen molar-refractivity contribution in [1.82, 2.24) is 4.83 Å². The van der Waals surface area contributed by atoms with Gasteiger partial charge in [-0.1, -0.05) is 35.9 Å². The molecule has 28 heavy (non-hydrogen) atoms. The number of sulfonamides is 1. The number of hydrogen-bond acceptors (Lipinski definition) is 5. The van der Waals surface area contributed by atoms with E-state index < -0.39 is 33.6 Å². The Morgan fingerprint density at radius 2 is 1.86 bits per heavy atom. The van der Waals surface area contributed by atoms with Gasteiger partial charge in [0.1, 0.15) is 5.82 Å². The molecule has 1 fully saturated rings. The van der Waals surface area contributed by atoms with Crippen LogP contribution in [0, 0.1) is 24.6 Å². The minimum absolute atomic E-state index is 0.0486. The summed E-state index contributed by atoms with van der Waals surface area (Å²) in [7, 11) is -3.92. The van der Waals surface area contributed by atoms with Crippen molar-refractivity contribution in [2.75, 3.05) is 6.61 Å². The third-order valence-electron chi connectivity index (χ3n) is 4.50. The fraction of sp³-hybridized carbons (Fsp3) is 0.300. The van der Waals surface area contributed by atoms with Crippen molar-refractivity contribution >= 4 is 21.7 Å². The van der Waals surface area contributed by atoms with Gasteiger partial charge in [0.15, 0.2) is 0 Å².